The normalized spacial score (nSPS) is 18.5. The van der Waals surface area contributed by atoms with Crippen molar-refractivity contribution in [3.05, 3.63) is 29.8 Å². The van der Waals surface area contributed by atoms with Crippen molar-refractivity contribution in [1.29, 1.82) is 0 Å². The third-order valence-corrected chi connectivity index (χ3v) is 3.32. The van der Waals surface area contributed by atoms with Gasteiger partial charge in [-0.2, -0.15) is 0 Å². The average molecular weight is 264 g/mol. The second-order valence-electron chi connectivity index (χ2n) is 4.77. The van der Waals surface area contributed by atoms with E-state index in [0.717, 1.165) is 12.2 Å². The predicted octanol–water partition coefficient (Wildman–Crippen LogP) is 0.709. The number of aliphatic hydroxyl groups is 1. The van der Waals surface area contributed by atoms with Gasteiger partial charge in [0, 0.05) is 31.7 Å². The summed E-state index contributed by atoms with van der Waals surface area (Å²) in [5.41, 5.74) is 2.29. The van der Waals surface area contributed by atoms with Crippen LogP contribution < -0.4 is 10.6 Å². The summed E-state index contributed by atoms with van der Waals surface area (Å²) in [7, 11) is 1.55. The van der Waals surface area contributed by atoms with Gasteiger partial charge in [-0.3, -0.25) is 4.79 Å². The Morgan fingerprint density at radius 1 is 1.58 bits per heavy atom. The van der Waals surface area contributed by atoms with E-state index in [0.29, 0.717) is 13.0 Å². The largest absolute Gasteiger partial charge is 0.394 e. The number of rotatable bonds is 6. The molecule has 1 heterocycles. The van der Waals surface area contributed by atoms with E-state index in [2.05, 4.69) is 10.6 Å². The van der Waals surface area contributed by atoms with E-state index >= 15 is 0 Å². The maximum absolute atomic E-state index is 11.9. The van der Waals surface area contributed by atoms with Crippen LogP contribution in [0.15, 0.2) is 24.3 Å². The Hall–Kier alpha value is -1.59. The predicted molar refractivity (Wildman–Crippen MR) is 73.2 cm³/mol. The molecular formula is C14H20N2O3. The van der Waals surface area contributed by atoms with E-state index in [-0.39, 0.29) is 24.5 Å². The van der Waals surface area contributed by atoms with Crippen molar-refractivity contribution in [2.75, 3.05) is 32.2 Å². The molecule has 5 heteroatoms. The summed E-state index contributed by atoms with van der Waals surface area (Å²) in [6.07, 6.45) is 0.421. The highest BCUT2D eigenvalue weighted by atomic mass is 16.5. The third kappa shape index (κ3) is 3.45. The monoisotopic (exact) mass is 264 g/mol. The summed E-state index contributed by atoms with van der Waals surface area (Å²) >= 11 is 0. The van der Waals surface area contributed by atoms with Crippen molar-refractivity contribution in [3.63, 3.8) is 0 Å². The van der Waals surface area contributed by atoms with Gasteiger partial charge < -0.3 is 20.5 Å². The highest BCUT2D eigenvalue weighted by Crippen LogP contribution is 2.32. The first-order chi connectivity index (χ1) is 9.24. The first kappa shape index (κ1) is 13.8. The molecule has 0 saturated heterocycles. The van der Waals surface area contributed by atoms with Gasteiger partial charge in [0.05, 0.1) is 19.3 Å². The Labute approximate surface area is 113 Å². The molecule has 1 aliphatic rings. The number of hydrogen-bond donors (Lipinski definition) is 3. The fraction of sp³-hybridized carbons (Fsp3) is 0.500. The lowest BCUT2D eigenvalue weighted by atomic mass is 9.97. The Kier molecular flexibility index (Phi) is 4.76. The van der Waals surface area contributed by atoms with Crippen molar-refractivity contribution < 1.29 is 14.6 Å². The lowest BCUT2D eigenvalue weighted by Gasteiger charge is -2.17. The van der Waals surface area contributed by atoms with Crippen LogP contribution in [0, 0.1) is 0 Å². The van der Waals surface area contributed by atoms with Crippen LogP contribution in [-0.4, -0.2) is 43.9 Å². The number of ether oxygens (including phenoxy) is 1. The zero-order chi connectivity index (χ0) is 13.7. The van der Waals surface area contributed by atoms with E-state index in [1.807, 2.05) is 24.3 Å². The molecule has 0 radical (unpaired) electrons. The minimum Gasteiger partial charge on any atom is -0.394 e. The molecule has 0 aliphatic carbocycles. The zero-order valence-electron chi connectivity index (χ0n) is 11.1. The summed E-state index contributed by atoms with van der Waals surface area (Å²) in [5.74, 6) is 0.137. The molecule has 19 heavy (non-hydrogen) atoms. The van der Waals surface area contributed by atoms with Gasteiger partial charge >= 0.3 is 0 Å². The van der Waals surface area contributed by atoms with E-state index in [9.17, 15) is 4.79 Å². The molecule has 1 aliphatic heterocycles. The summed E-state index contributed by atoms with van der Waals surface area (Å²) in [4.78, 5) is 11.9. The quantitative estimate of drug-likeness (QED) is 0.707. The highest BCUT2D eigenvalue weighted by molar-refractivity contribution is 5.78. The van der Waals surface area contributed by atoms with Crippen molar-refractivity contribution in [3.8, 4) is 0 Å². The van der Waals surface area contributed by atoms with E-state index in [1.54, 1.807) is 7.11 Å². The van der Waals surface area contributed by atoms with Gasteiger partial charge in [0.25, 0.3) is 0 Å². The molecule has 0 fully saturated rings. The van der Waals surface area contributed by atoms with Crippen LogP contribution in [-0.2, 0) is 9.53 Å². The van der Waals surface area contributed by atoms with Crippen molar-refractivity contribution in [2.45, 2.75) is 18.4 Å². The first-order valence-corrected chi connectivity index (χ1v) is 6.46. The molecule has 1 aromatic carbocycles. The number of anilines is 1. The van der Waals surface area contributed by atoms with Crippen LogP contribution in [0.1, 0.15) is 17.9 Å². The van der Waals surface area contributed by atoms with Gasteiger partial charge in [0.15, 0.2) is 0 Å². The molecule has 2 rings (SSSR count). The minimum absolute atomic E-state index is 0.0559. The topological polar surface area (TPSA) is 70.6 Å². The molecule has 2 atom stereocenters. The summed E-state index contributed by atoms with van der Waals surface area (Å²) in [5, 5.41) is 15.2. The van der Waals surface area contributed by atoms with Crippen LogP contribution in [0.5, 0.6) is 0 Å². The molecule has 1 aromatic rings. The van der Waals surface area contributed by atoms with Crippen LogP contribution in [0.4, 0.5) is 5.69 Å². The molecule has 0 saturated carbocycles. The number of fused-ring (bicyclic) bond motifs is 1. The number of benzene rings is 1. The van der Waals surface area contributed by atoms with Gasteiger partial charge in [-0.05, 0) is 11.6 Å². The molecule has 0 bridgehead atoms. The standard InChI is InChI=1S/C14H20N2O3/c1-19-9-11(8-17)16-14(18)6-10-7-15-13-5-3-2-4-12(10)13/h2-5,10-11,15,17H,6-9H2,1H3,(H,16,18). The Morgan fingerprint density at radius 3 is 3.11 bits per heavy atom. The second-order valence-corrected chi connectivity index (χ2v) is 4.77. The number of hydrogen-bond acceptors (Lipinski definition) is 4. The molecular weight excluding hydrogens is 244 g/mol. The summed E-state index contributed by atoms with van der Waals surface area (Å²) < 4.78 is 4.93. The van der Waals surface area contributed by atoms with E-state index in [1.165, 1.54) is 5.56 Å². The number of carbonyl (C=O) groups is 1. The fourth-order valence-electron chi connectivity index (χ4n) is 2.39. The highest BCUT2D eigenvalue weighted by Gasteiger charge is 2.24. The number of amides is 1. The minimum atomic E-state index is -0.331. The van der Waals surface area contributed by atoms with Gasteiger partial charge in [-0.15, -0.1) is 0 Å². The van der Waals surface area contributed by atoms with Gasteiger partial charge in [-0.25, -0.2) is 0 Å². The maximum atomic E-state index is 11.9. The molecule has 2 unspecified atom stereocenters. The van der Waals surface area contributed by atoms with Gasteiger partial charge in [-0.1, -0.05) is 18.2 Å². The van der Waals surface area contributed by atoms with Crippen LogP contribution in [0.3, 0.4) is 0 Å². The molecule has 1 amide bonds. The van der Waals surface area contributed by atoms with Gasteiger partial charge in [0.1, 0.15) is 0 Å². The summed E-state index contributed by atoms with van der Waals surface area (Å²) in [6, 6.07) is 7.70. The van der Waals surface area contributed by atoms with Crippen LogP contribution in [0.25, 0.3) is 0 Å². The SMILES string of the molecule is COCC(CO)NC(=O)CC1CNc2ccccc21. The Bertz CT molecular complexity index is 436. The number of methoxy groups -OCH3 is 1. The van der Waals surface area contributed by atoms with Crippen LogP contribution >= 0.6 is 0 Å². The lowest BCUT2D eigenvalue weighted by molar-refractivity contribution is -0.122. The second kappa shape index (κ2) is 6.54. The molecule has 3 N–H and O–H groups in total. The van der Waals surface area contributed by atoms with E-state index in [4.69, 9.17) is 9.84 Å². The van der Waals surface area contributed by atoms with Crippen molar-refractivity contribution >= 4 is 11.6 Å². The third-order valence-electron chi connectivity index (χ3n) is 3.32. The molecule has 104 valence electrons. The number of aliphatic hydroxyl groups excluding tert-OH is 1. The van der Waals surface area contributed by atoms with Crippen molar-refractivity contribution in [1.82, 2.24) is 5.32 Å². The van der Waals surface area contributed by atoms with Crippen molar-refractivity contribution in [2.24, 2.45) is 0 Å². The lowest BCUT2D eigenvalue weighted by Crippen LogP contribution is -2.41. The first-order valence-electron chi connectivity index (χ1n) is 6.46. The number of nitrogens with one attached hydrogen (secondary N) is 2. The fourth-order valence-corrected chi connectivity index (χ4v) is 2.39. The van der Waals surface area contributed by atoms with Crippen LogP contribution in [0.2, 0.25) is 0 Å². The smallest absolute Gasteiger partial charge is 0.221 e. The zero-order valence-corrected chi connectivity index (χ0v) is 11.1. The number of para-hydroxylation sites is 1. The molecule has 0 spiro atoms. The number of carbonyl (C=O) groups excluding carboxylic acids is 1. The molecule has 5 nitrogen and oxygen atoms in total. The molecule has 0 aromatic heterocycles. The Balaban J connectivity index is 1.90. The van der Waals surface area contributed by atoms with E-state index < -0.39 is 0 Å². The maximum Gasteiger partial charge on any atom is 0.221 e. The Morgan fingerprint density at radius 2 is 2.37 bits per heavy atom. The average Bonchev–Trinajstić information content (AvgIpc) is 2.82. The van der Waals surface area contributed by atoms with Gasteiger partial charge in [0.2, 0.25) is 5.91 Å². The summed E-state index contributed by atoms with van der Waals surface area (Å²) in [6.45, 7) is 0.988.